The maximum atomic E-state index is 13.4. The quantitative estimate of drug-likeness (QED) is 0.812. The summed E-state index contributed by atoms with van der Waals surface area (Å²) in [4.78, 5) is 27.1. The van der Waals surface area contributed by atoms with Crippen molar-refractivity contribution in [3.63, 3.8) is 0 Å². The van der Waals surface area contributed by atoms with Crippen LogP contribution in [0.5, 0.6) is 0 Å². The molecule has 3 heterocycles. The Hall–Kier alpha value is -1.66. The predicted octanol–water partition coefficient (Wildman–Crippen LogP) is 2.03. The summed E-state index contributed by atoms with van der Waals surface area (Å²) in [5.74, 6) is -1.11. The van der Waals surface area contributed by atoms with Crippen molar-refractivity contribution >= 4 is 29.9 Å². The fraction of sp³-hybridized carbons (Fsp3) is 0.529. The normalized spacial score (nSPS) is 28.5. The third-order valence-electron chi connectivity index (χ3n) is 5.26. The van der Waals surface area contributed by atoms with Crippen molar-refractivity contribution in [1.29, 1.82) is 0 Å². The number of amides is 2. The molecule has 0 radical (unpaired) electrons. The van der Waals surface area contributed by atoms with E-state index in [9.17, 15) is 14.0 Å². The topological polar surface area (TPSA) is 61.4 Å². The van der Waals surface area contributed by atoms with E-state index < -0.39 is 11.7 Å². The summed E-state index contributed by atoms with van der Waals surface area (Å²) in [7, 11) is 0. The molecule has 2 amide bonds. The number of halogens is 2. The smallest absolute Gasteiger partial charge is 0.231 e. The number of hydrogen-bond donors (Lipinski definition) is 2. The van der Waals surface area contributed by atoms with Gasteiger partial charge >= 0.3 is 0 Å². The van der Waals surface area contributed by atoms with E-state index in [4.69, 9.17) is 0 Å². The number of nitrogens with one attached hydrogen (secondary N) is 2. The van der Waals surface area contributed by atoms with E-state index in [0.29, 0.717) is 5.69 Å². The minimum atomic E-state index is -0.499. The lowest BCUT2D eigenvalue weighted by atomic mass is 9.88. The van der Waals surface area contributed by atoms with Crippen molar-refractivity contribution in [1.82, 2.24) is 10.2 Å². The molecule has 3 unspecified atom stereocenters. The van der Waals surface area contributed by atoms with E-state index in [1.54, 1.807) is 6.07 Å². The predicted molar refractivity (Wildman–Crippen MR) is 90.8 cm³/mol. The molecule has 2 N–H and O–H groups in total. The zero-order chi connectivity index (χ0) is 16.0. The Morgan fingerprint density at radius 2 is 2.00 bits per heavy atom. The summed E-state index contributed by atoms with van der Waals surface area (Å²) in [6, 6.07) is 4.76. The Bertz CT molecular complexity index is 655. The van der Waals surface area contributed by atoms with E-state index in [1.807, 2.05) is 4.90 Å². The Labute approximate surface area is 146 Å². The van der Waals surface area contributed by atoms with Gasteiger partial charge in [-0.15, -0.1) is 12.4 Å². The number of benzene rings is 1. The molecule has 130 valence electrons. The summed E-state index contributed by atoms with van der Waals surface area (Å²) in [5.41, 5.74) is 1.16. The molecular weight excluding hydrogens is 333 g/mol. The highest BCUT2D eigenvalue weighted by molar-refractivity contribution is 6.01. The summed E-state index contributed by atoms with van der Waals surface area (Å²) < 4.78 is 13.4. The van der Waals surface area contributed by atoms with Crippen molar-refractivity contribution in [3.8, 4) is 0 Å². The number of hydrogen-bond acceptors (Lipinski definition) is 3. The first-order valence-corrected chi connectivity index (χ1v) is 8.25. The maximum Gasteiger partial charge on any atom is 0.231 e. The van der Waals surface area contributed by atoms with Gasteiger partial charge in [-0.25, -0.2) is 4.39 Å². The lowest BCUT2D eigenvalue weighted by molar-refractivity contribution is -0.137. The second kappa shape index (κ2) is 6.69. The van der Waals surface area contributed by atoms with E-state index in [-0.39, 0.29) is 42.7 Å². The fourth-order valence-electron chi connectivity index (χ4n) is 4.18. The standard InChI is InChI=1S/C17H20FN3O2.ClH/c18-10-1-4-13-14(8-16(22)20-15(13)7-10)17(23)21-11-2-3-12(21)9-19-6-5-11;/h1,4,7,11-12,14,19H,2-3,5-6,8-9H2,(H,20,22);1H. The van der Waals surface area contributed by atoms with Gasteiger partial charge in [0, 0.05) is 30.7 Å². The Balaban J connectivity index is 0.00000169. The molecular formula is C17H21ClFN3O2. The van der Waals surface area contributed by atoms with Gasteiger partial charge in [0.1, 0.15) is 5.82 Å². The summed E-state index contributed by atoms with van der Waals surface area (Å²) in [6.45, 7) is 1.75. The van der Waals surface area contributed by atoms with Gasteiger partial charge in [0.2, 0.25) is 11.8 Å². The molecule has 7 heteroatoms. The van der Waals surface area contributed by atoms with Crippen molar-refractivity contribution < 1.29 is 14.0 Å². The van der Waals surface area contributed by atoms with E-state index in [0.717, 1.165) is 37.9 Å². The first-order valence-electron chi connectivity index (χ1n) is 8.25. The van der Waals surface area contributed by atoms with Gasteiger partial charge in [0.25, 0.3) is 0 Å². The molecule has 24 heavy (non-hydrogen) atoms. The highest BCUT2D eigenvalue weighted by Gasteiger charge is 2.42. The van der Waals surface area contributed by atoms with Crippen LogP contribution in [0, 0.1) is 5.82 Å². The van der Waals surface area contributed by atoms with Gasteiger partial charge < -0.3 is 15.5 Å². The average Bonchev–Trinajstić information content (AvgIpc) is 2.78. The summed E-state index contributed by atoms with van der Waals surface area (Å²) in [6.07, 6.45) is 3.14. The monoisotopic (exact) mass is 353 g/mol. The van der Waals surface area contributed by atoms with E-state index in [1.165, 1.54) is 12.1 Å². The highest BCUT2D eigenvalue weighted by atomic mass is 35.5. The zero-order valence-corrected chi connectivity index (χ0v) is 14.1. The molecule has 3 aliphatic rings. The van der Waals surface area contributed by atoms with Crippen LogP contribution >= 0.6 is 12.4 Å². The highest BCUT2D eigenvalue weighted by Crippen LogP contribution is 2.37. The molecule has 1 aromatic rings. The van der Waals surface area contributed by atoms with Crippen LogP contribution in [-0.4, -0.2) is 41.9 Å². The molecule has 0 aliphatic carbocycles. The van der Waals surface area contributed by atoms with Crippen molar-refractivity contribution in [2.75, 3.05) is 18.4 Å². The lowest BCUT2D eigenvalue weighted by Gasteiger charge is -2.34. The van der Waals surface area contributed by atoms with Gasteiger partial charge in [-0.3, -0.25) is 9.59 Å². The minimum absolute atomic E-state index is 0. The van der Waals surface area contributed by atoms with E-state index >= 15 is 0 Å². The second-order valence-electron chi connectivity index (χ2n) is 6.66. The van der Waals surface area contributed by atoms with Crippen molar-refractivity contribution in [2.24, 2.45) is 0 Å². The van der Waals surface area contributed by atoms with Crippen LogP contribution in [0.4, 0.5) is 10.1 Å². The minimum Gasteiger partial charge on any atom is -0.335 e. The number of fused-ring (bicyclic) bond motifs is 3. The average molecular weight is 354 g/mol. The van der Waals surface area contributed by atoms with Gasteiger partial charge in [-0.2, -0.15) is 0 Å². The Kier molecular flexibility index (Phi) is 4.78. The third-order valence-corrected chi connectivity index (χ3v) is 5.26. The van der Waals surface area contributed by atoms with Gasteiger partial charge in [-0.1, -0.05) is 6.07 Å². The van der Waals surface area contributed by atoms with Crippen LogP contribution in [-0.2, 0) is 9.59 Å². The van der Waals surface area contributed by atoms with Crippen LogP contribution in [0.15, 0.2) is 18.2 Å². The molecule has 0 aromatic heterocycles. The van der Waals surface area contributed by atoms with Gasteiger partial charge in [-0.05, 0) is 43.5 Å². The number of anilines is 1. The van der Waals surface area contributed by atoms with Crippen LogP contribution in [0.2, 0.25) is 0 Å². The van der Waals surface area contributed by atoms with E-state index in [2.05, 4.69) is 10.6 Å². The number of carbonyl (C=O) groups is 2. The SMILES string of the molecule is Cl.O=C1CC(C(=O)N2C3CCNCC2CC3)c2ccc(F)cc2N1. The van der Waals surface area contributed by atoms with Crippen LogP contribution < -0.4 is 10.6 Å². The summed E-state index contributed by atoms with van der Waals surface area (Å²) in [5, 5.41) is 6.06. The molecule has 3 atom stereocenters. The molecule has 5 nitrogen and oxygen atoms in total. The second-order valence-corrected chi connectivity index (χ2v) is 6.66. The van der Waals surface area contributed by atoms with Crippen LogP contribution in [0.1, 0.15) is 37.2 Å². The molecule has 3 aliphatic heterocycles. The fourth-order valence-corrected chi connectivity index (χ4v) is 4.18. The number of nitrogens with zero attached hydrogens (tertiary/aromatic N) is 1. The molecule has 4 rings (SSSR count). The molecule has 0 spiro atoms. The zero-order valence-electron chi connectivity index (χ0n) is 13.3. The maximum absolute atomic E-state index is 13.4. The van der Waals surface area contributed by atoms with Gasteiger partial charge in [0.05, 0.1) is 5.92 Å². The van der Waals surface area contributed by atoms with Crippen LogP contribution in [0.3, 0.4) is 0 Å². The molecule has 0 saturated carbocycles. The largest absolute Gasteiger partial charge is 0.335 e. The van der Waals surface area contributed by atoms with Crippen LogP contribution in [0.25, 0.3) is 0 Å². The molecule has 1 aromatic carbocycles. The number of carbonyl (C=O) groups excluding carboxylic acids is 2. The molecule has 2 saturated heterocycles. The van der Waals surface area contributed by atoms with Crippen molar-refractivity contribution in [3.05, 3.63) is 29.6 Å². The Morgan fingerprint density at radius 3 is 2.83 bits per heavy atom. The molecule has 2 bridgehead atoms. The molecule has 2 fully saturated rings. The first-order chi connectivity index (χ1) is 11.1. The first kappa shape index (κ1) is 17.2. The van der Waals surface area contributed by atoms with Gasteiger partial charge in [0.15, 0.2) is 0 Å². The summed E-state index contributed by atoms with van der Waals surface area (Å²) >= 11 is 0. The third kappa shape index (κ3) is 2.89. The number of rotatable bonds is 1. The van der Waals surface area contributed by atoms with Crippen molar-refractivity contribution in [2.45, 2.75) is 43.7 Å². The lowest BCUT2D eigenvalue weighted by Crippen LogP contribution is -2.46. The Morgan fingerprint density at radius 1 is 1.21 bits per heavy atom.